The Balaban J connectivity index is 2.35. The molecule has 0 amide bonds. The second-order valence-corrected chi connectivity index (χ2v) is 5.20. The van der Waals surface area contributed by atoms with Crippen molar-refractivity contribution in [3.8, 4) is 11.5 Å². The molecule has 1 aromatic heterocycles. The van der Waals surface area contributed by atoms with Crippen LogP contribution in [0.25, 0.3) is 22.6 Å². The van der Waals surface area contributed by atoms with Crippen molar-refractivity contribution in [1.82, 2.24) is 4.98 Å². The van der Waals surface area contributed by atoms with Crippen molar-refractivity contribution in [3.63, 3.8) is 0 Å². The Morgan fingerprint density at radius 2 is 1.76 bits per heavy atom. The lowest BCUT2D eigenvalue weighted by Crippen LogP contribution is -2.04. The number of hydrogen-bond donors (Lipinski definition) is 1. The van der Waals surface area contributed by atoms with Gasteiger partial charge in [0, 0.05) is 0 Å². The second-order valence-electron chi connectivity index (χ2n) is 5.20. The van der Waals surface area contributed by atoms with Gasteiger partial charge in [0.1, 0.15) is 5.52 Å². The van der Waals surface area contributed by atoms with Crippen LogP contribution in [0.5, 0.6) is 0 Å². The van der Waals surface area contributed by atoms with Crippen LogP contribution in [0.4, 0.5) is 0 Å². The predicted octanol–water partition coefficient (Wildman–Crippen LogP) is 4.12. The van der Waals surface area contributed by atoms with E-state index in [4.69, 9.17) is 4.42 Å². The Hall–Kier alpha value is -2.62. The predicted molar refractivity (Wildman–Crippen MR) is 80.6 cm³/mol. The number of aryl methyl sites for hydroxylation is 3. The Kier molecular flexibility index (Phi) is 3.01. The van der Waals surface area contributed by atoms with Gasteiger partial charge in [-0.15, -0.1) is 0 Å². The van der Waals surface area contributed by atoms with Crippen molar-refractivity contribution in [3.05, 3.63) is 52.6 Å². The molecule has 0 saturated carbocycles. The van der Waals surface area contributed by atoms with Crippen LogP contribution in [0.1, 0.15) is 27.0 Å². The van der Waals surface area contributed by atoms with Crippen LogP contribution in [-0.2, 0) is 0 Å². The van der Waals surface area contributed by atoms with E-state index in [0.29, 0.717) is 22.6 Å². The lowest BCUT2D eigenvalue weighted by atomic mass is 9.97. The first-order valence-electron chi connectivity index (χ1n) is 6.69. The summed E-state index contributed by atoms with van der Waals surface area (Å²) in [6.07, 6.45) is 0. The van der Waals surface area contributed by atoms with Gasteiger partial charge in [0.05, 0.1) is 11.1 Å². The molecule has 3 rings (SSSR count). The number of oxazole rings is 1. The summed E-state index contributed by atoms with van der Waals surface area (Å²) in [5.41, 5.74) is 4.75. The highest BCUT2D eigenvalue weighted by molar-refractivity contribution is 5.98. The first-order chi connectivity index (χ1) is 9.99. The fourth-order valence-electron chi connectivity index (χ4n) is 2.56. The summed E-state index contributed by atoms with van der Waals surface area (Å²) in [5.74, 6) is -0.608. The number of aromatic carboxylic acids is 1. The van der Waals surface area contributed by atoms with Gasteiger partial charge in [-0.05, 0) is 43.5 Å². The van der Waals surface area contributed by atoms with Gasteiger partial charge in [-0.25, -0.2) is 9.78 Å². The van der Waals surface area contributed by atoms with Crippen LogP contribution < -0.4 is 0 Å². The monoisotopic (exact) mass is 281 g/mol. The van der Waals surface area contributed by atoms with Gasteiger partial charge in [-0.2, -0.15) is 0 Å². The fraction of sp³-hybridized carbons (Fsp3) is 0.176. The van der Waals surface area contributed by atoms with Crippen molar-refractivity contribution >= 4 is 17.1 Å². The molecule has 0 aliphatic heterocycles. The van der Waals surface area contributed by atoms with E-state index in [1.54, 1.807) is 13.0 Å². The van der Waals surface area contributed by atoms with Gasteiger partial charge in [0.25, 0.3) is 0 Å². The van der Waals surface area contributed by atoms with Crippen LogP contribution in [0.2, 0.25) is 0 Å². The molecule has 2 aromatic carbocycles. The molecule has 0 aliphatic rings. The summed E-state index contributed by atoms with van der Waals surface area (Å²) in [6.45, 7) is 5.59. The van der Waals surface area contributed by atoms with E-state index in [0.717, 1.165) is 16.6 Å². The number of para-hydroxylation sites is 1. The van der Waals surface area contributed by atoms with Gasteiger partial charge >= 0.3 is 5.97 Å². The Morgan fingerprint density at radius 1 is 1.05 bits per heavy atom. The van der Waals surface area contributed by atoms with E-state index < -0.39 is 5.97 Å². The Labute approximate surface area is 122 Å². The molecule has 0 aliphatic carbocycles. The normalized spacial score (nSPS) is 11.0. The molecule has 21 heavy (non-hydrogen) atoms. The first kappa shape index (κ1) is 13.4. The fourth-order valence-corrected chi connectivity index (χ4v) is 2.56. The molecule has 4 nitrogen and oxygen atoms in total. The number of nitrogens with zero attached hydrogens (tertiary/aromatic N) is 1. The highest BCUT2D eigenvalue weighted by Gasteiger charge is 2.21. The maximum Gasteiger partial charge on any atom is 0.336 e. The maximum absolute atomic E-state index is 11.6. The summed E-state index contributed by atoms with van der Waals surface area (Å²) in [5, 5.41) is 9.49. The average Bonchev–Trinajstić information content (AvgIpc) is 2.85. The van der Waals surface area contributed by atoms with E-state index in [-0.39, 0.29) is 5.56 Å². The lowest BCUT2D eigenvalue weighted by Gasteiger charge is -2.09. The molecular formula is C17H15NO3. The van der Waals surface area contributed by atoms with Gasteiger partial charge in [-0.1, -0.05) is 24.3 Å². The summed E-state index contributed by atoms with van der Waals surface area (Å²) < 4.78 is 5.84. The number of benzene rings is 2. The number of hydrogen-bond acceptors (Lipinski definition) is 3. The SMILES string of the molecule is Cc1ccc(C)c(-c2nc3cccc(C)c3o2)c1C(=O)O. The molecule has 0 bridgehead atoms. The zero-order valence-corrected chi connectivity index (χ0v) is 12.1. The van der Waals surface area contributed by atoms with Crippen LogP contribution >= 0.6 is 0 Å². The van der Waals surface area contributed by atoms with Crippen LogP contribution in [0.3, 0.4) is 0 Å². The molecule has 0 spiro atoms. The molecule has 0 fully saturated rings. The highest BCUT2D eigenvalue weighted by atomic mass is 16.4. The quantitative estimate of drug-likeness (QED) is 0.767. The topological polar surface area (TPSA) is 63.3 Å². The van der Waals surface area contributed by atoms with Crippen LogP contribution in [0.15, 0.2) is 34.7 Å². The third-order valence-corrected chi connectivity index (χ3v) is 3.66. The van der Waals surface area contributed by atoms with Crippen LogP contribution in [0, 0.1) is 20.8 Å². The molecule has 0 unspecified atom stereocenters. The third kappa shape index (κ3) is 2.09. The summed E-state index contributed by atoms with van der Waals surface area (Å²) >= 11 is 0. The van der Waals surface area contributed by atoms with Gasteiger partial charge < -0.3 is 9.52 Å². The van der Waals surface area contributed by atoms with Gasteiger partial charge in [-0.3, -0.25) is 0 Å². The molecular weight excluding hydrogens is 266 g/mol. The largest absolute Gasteiger partial charge is 0.478 e. The molecule has 0 saturated heterocycles. The van der Waals surface area contributed by atoms with Crippen molar-refractivity contribution < 1.29 is 14.3 Å². The molecule has 1 heterocycles. The number of carboxylic acid groups (broad SMARTS) is 1. The molecule has 1 N–H and O–H groups in total. The molecule has 106 valence electrons. The zero-order chi connectivity index (χ0) is 15.1. The highest BCUT2D eigenvalue weighted by Crippen LogP contribution is 2.32. The average molecular weight is 281 g/mol. The maximum atomic E-state index is 11.6. The number of fused-ring (bicyclic) bond motifs is 1. The van der Waals surface area contributed by atoms with E-state index in [9.17, 15) is 9.90 Å². The van der Waals surface area contributed by atoms with E-state index in [1.807, 2.05) is 38.1 Å². The Morgan fingerprint density at radius 3 is 2.43 bits per heavy atom. The number of rotatable bonds is 2. The van der Waals surface area contributed by atoms with Crippen LogP contribution in [-0.4, -0.2) is 16.1 Å². The minimum absolute atomic E-state index is 0.249. The summed E-state index contributed by atoms with van der Waals surface area (Å²) in [7, 11) is 0. The Bertz CT molecular complexity index is 862. The van der Waals surface area contributed by atoms with Crippen molar-refractivity contribution in [2.45, 2.75) is 20.8 Å². The molecule has 0 radical (unpaired) electrons. The van der Waals surface area contributed by atoms with E-state index in [1.165, 1.54) is 0 Å². The third-order valence-electron chi connectivity index (χ3n) is 3.66. The standard InChI is InChI=1S/C17H15NO3/c1-9-7-8-10(2)14(17(19)20)13(9)16-18-12-6-4-5-11(3)15(12)21-16/h4-8H,1-3H3,(H,19,20). The van der Waals surface area contributed by atoms with Crippen molar-refractivity contribution in [1.29, 1.82) is 0 Å². The molecule has 3 aromatic rings. The zero-order valence-electron chi connectivity index (χ0n) is 12.1. The van der Waals surface area contributed by atoms with Crippen molar-refractivity contribution in [2.75, 3.05) is 0 Å². The number of carboxylic acids is 1. The number of carbonyl (C=O) groups is 1. The van der Waals surface area contributed by atoms with E-state index >= 15 is 0 Å². The summed E-state index contributed by atoms with van der Waals surface area (Å²) in [4.78, 5) is 16.0. The van der Waals surface area contributed by atoms with Gasteiger partial charge in [0.15, 0.2) is 5.58 Å². The van der Waals surface area contributed by atoms with E-state index in [2.05, 4.69) is 4.98 Å². The minimum atomic E-state index is -0.967. The minimum Gasteiger partial charge on any atom is -0.478 e. The van der Waals surface area contributed by atoms with Crippen molar-refractivity contribution in [2.24, 2.45) is 0 Å². The van der Waals surface area contributed by atoms with Gasteiger partial charge in [0.2, 0.25) is 5.89 Å². The number of aromatic nitrogens is 1. The molecule has 0 atom stereocenters. The second kappa shape index (κ2) is 4.74. The lowest BCUT2D eigenvalue weighted by molar-refractivity contribution is 0.0696. The molecule has 4 heteroatoms. The smallest absolute Gasteiger partial charge is 0.336 e. The first-order valence-corrected chi connectivity index (χ1v) is 6.69. The summed E-state index contributed by atoms with van der Waals surface area (Å²) in [6, 6.07) is 9.40.